The Balaban J connectivity index is 1.38. The molecule has 1 aliphatic carbocycles. The Kier molecular flexibility index (Phi) is 7.49. The second-order valence-corrected chi connectivity index (χ2v) is 9.29. The summed E-state index contributed by atoms with van der Waals surface area (Å²) in [6.07, 6.45) is 10.8. The number of allylic oxidation sites excluding steroid dienone is 1. The summed E-state index contributed by atoms with van der Waals surface area (Å²) in [4.78, 5) is 0. The first-order chi connectivity index (χ1) is 15.6. The lowest BCUT2D eigenvalue weighted by Gasteiger charge is -2.29. The van der Waals surface area contributed by atoms with Crippen molar-refractivity contribution in [3.05, 3.63) is 71.3 Å². The van der Waals surface area contributed by atoms with Gasteiger partial charge in [-0.15, -0.1) is 6.58 Å². The number of fused-ring (bicyclic) bond motifs is 1. The molecular weight excluding hydrogens is 406 g/mol. The molecule has 2 aromatic carbocycles. The van der Waals surface area contributed by atoms with Gasteiger partial charge in [0.2, 0.25) is 11.6 Å². The van der Waals surface area contributed by atoms with Crippen LogP contribution in [0.2, 0.25) is 0 Å². The van der Waals surface area contributed by atoms with E-state index in [-0.39, 0.29) is 17.6 Å². The van der Waals surface area contributed by atoms with Crippen molar-refractivity contribution in [3.63, 3.8) is 0 Å². The van der Waals surface area contributed by atoms with E-state index in [0.717, 1.165) is 43.6 Å². The number of rotatable bonds is 8. The summed E-state index contributed by atoms with van der Waals surface area (Å²) in [5.74, 6) is -0.658. The fourth-order valence-electron chi connectivity index (χ4n) is 4.99. The zero-order valence-electron chi connectivity index (χ0n) is 19.0. The van der Waals surface area contributed by atoms with Crippen molar-refractivity contribution in [1.29, 1.82) is 0 Å². The summed E-state index contributed by atoms with van der Waals surface area (Å²) in [7, 11) is 0. The predicted octanol–water partition coefficient (Wildman–Crippen LogP) is 7.74. The van der Waals surface area contributed by atoms with Crippen LogP contribution in [0.3, 0.4) is 0 Å². The summed E-state index contributed by atoms with van der Waals surface area (Å²) < 4.78 is 41.4. The molecule has 2 aliphatic rings. The van der Waals surface area contributed by atoms with Gasteiger partial charge in [0.1, 0.15) is 6.10 Å². The third kappa shape index (κ3) is 5.16. The molecule has 0 radical (unpaired) electrons. The average Bonchev–Trinajstić information content (AvgIpc) is 2.84. The Bertz CT molecular complexity index is 914. The van der Waals surface area contributed by atoms with Gasteiger partial charge >= 0.3 is 0 Å². The fraction of sp³-hybridized carbons (Fsp3) is 0.500. The first kappa shape index (κ1) is 22.8. The molecule has 1 heterocycles. The van der Waals surface area contributed by atoms with E-state index in [1.807, 2.05) is 18.2 Å². The molecule has 2 aromatic rings. The molecule has 4 rings (SSSR count). The molecule has 4 heteroatoms. The van der Waals surface area contributed by atoms with Gasteiger partial charge in [0.25, 0.3) is 0 Å². The highest BCUT2D eigenvalue weighted by Crippen LogP contribution is 2.41. The molecule has 0 aromatic heterocycles. The van der Waals surface area contributed by atoms with E-state index < -0.39 is 11.6 Å². The van der Waals surface area contributed by atoms with Crippen LogP contribution in [0.25, 0.3) is 0 Å². The van der Waals surface area contributed by atoms with Gasteiger partial charge in [-0.1, -0.05) is 50.1 Å². The molecule has 1 unspecified atom stereocenters. The molecule has 1 saturated carbocycles. The Morgan fingerprint density at radius 3 is 2.44 bits per heavy atom. The van der Waals surface area contributed by atoms with Gasteiger partial charge in [0, 0.05) is 5.56 Å². The Labute approximate surface area is 190 Å². The normalized spacial score (nSPS) is 22.7. The third-order valence-corrected chi connectivity index (χ3v) is 7.12. The number of ether oxygens (including phenoxy) is 2. The zero-order valence-corrected chi connectivity index (χ0v) is 19.0. The van der Waals surface area contributed by atoms with E-state index in [2.05, 4.69) is 25.6 Å². The molecule has 0 spiro atoms. The Hall–Kier alpha value is -2.36. The third-order valence-electron chi connectivity index (χ3n) is 7.12. The molecule has 0 bridgehead atoms. The molecular formula is C28H34F2O2. The van der Waals surface area contributed by atoms with Crippen LogP contribution < -0.4 is 9.47 Å². The van der Waals surface area contributed by atoms with E-state index >= 15 is 0 Å². The molecule has 1 aliphatic heterocycles. The Morgan fingerprint density at radius 2 is 1.75 bits per heavy atom. The molecule has 1 atom stereocenters. The molecule has 0 amide bonds. The molecule has 0 N–H and O–H groups in total. The van der Waals surface area contributed by atoms with Crippen LogP contribution in [0.5, 0.6) is 11.5 Å². The number of aryl methyl sites for hydroxylation is 2. The van der Waals surface area contributed by atoms with E-state index in [1.165, 1.54) is 24.8 Å². The number of benzene rings is 2. The lowest BCUT2D eigenvalue weighted by Crippen LogP contribution is -2.21. The SMILES string of the molecule is C=CCCC1CCC(COc2cc3c(c(F)c2F)OC(c2ccc(CC)cc2)CC3)CC1. The van der Waals surface area contributed by atoms with Crippen molar-refractivity contribution >= 4 is 0 Å². The Morgan fingerprint density at radius 1 is 1.03 bits per heavy atom. The minimum atomic E-state index is -0.939. The standard InChI is InChI=1S/C28H34F2O2/c1-3-5-6-20-7-9-21(10-8-20)18-31-25-17-23-15-16-24(32-28(23)27(30)26(25)29)22-13-11-19(4-2)12-14-22/h3,11-14,17,20-21,24H,1,4-10,15-16,18H2,2H3. The topological polar surface area (TPSA) is 18.5 Å². The molecule has 1 fully saturated rings. The van der Waals surface area contributed by atoms with Gasteiger partial charge in [-0.3, -0.25) is 0 Å². The minimum Gasteiger partial charge on any atom is -0.490 e. The zero-order chi connectivity index (χ0) is 22.5. The highest BCUT2D eigenvalue weighted by molar-refractivity contribution is 5.45. The second kappa shape index (κ2) is 10.5. The van der Waals surface area contributed by atoms with Crippen molar-refractivity contribution in [2.45, 2.75) is 70.8 Å². The van der Waals surface area contributed by atoms with Crippen LogP contribution in [0.1, 0.15) is 74.7 Å². The van der Waals surface area contributed by atoms with E-state index in [1.54, 1.807) is 6.07 Å². The van der Waals surface area contributed by atoms with Crippen LogP contribution >= 0.6 is 0 Å². The van der Waals surface area contributed by atoms with Crippen LogP contribution in [0.15, 0.2) is 43.0 Å². The number of hydrogen-bond acceptors (Lipinski definition) is 2. The lowest BCUT2D eigenvalue weighted by atomic mass is 9.80. The lowest BCUT2D eigenvalue weighted by molar-refractivity contribution is 0.158. The second-order valence-electron chi connectivity index (χ2n) is 9.29. The monoisotopic (exact) mass is 440 g/mol. The number of hydrogen-bond donors (Lipinski definition) is 0. The predicted molar refractivity (Wildman–Crippen MR) is 124 cm³/mol. The summed E-state index contributed by atoms with van der Waals surface area (Å²) in [5.41, 5.74) is 2.93. The van der Waals surface area contributed by atoms with Crippen molar-refractivity contribution < 1.29 is 18.3 Å². The van der Waals surface area contributed by atoms with Crippen molar-refractivity contribution in [3.8, 4) is 11.5 Å². The number of halogens is 2. The van der Waals surface area contributed by atoms with Gasteiger partial charge in [0.05, 0.1) is 6.61 Å². The van der Waals surface area contributed by atoms with Gasteiger partial charge in [-0.05, 0) is 74.0 Å². The van der Waals surface area contributed by atoms with Gasteiger partial charge in [0.15, 0.2) is 11.5 Å². The molecule has 0 saturated heterocycles. The quantitative estimate of drug-likeness (QED) is 0.391. The first-order valence-electron chi connectivity index (χ1n) is 12.1. The van der Waals surface area contributed by atoms with Crippen molar-refractivity contribution in [2.24, 2.45) is 11.8 Å². The van der Waals surface area contributed by atoms with E-state index in [9.17, 15) is 8.78 Å². The fourth-order valence-corrected chi connectivity index (χ4v) is 4.99. The first-order valence-corrected chi connectivity index (χ1v) is 12.1. The minimum absolute atomic E-state index is 0.0179. The van der Waals surface area contributed by atoms with Gasteiger partial charge in [-0.25, -0.2) is 0 Å². The van der Waals surface area contributed by atoms with Gasteiger partial charge in [-0.2, -0.15) is 8.78 Å². The van der Waals surface area contributed by atoms with Crippen LogP contribution in [0, 0.1) is 23.5 Å². The van der Waals surface area contributed by atoms with Crippen molar-refractivity contribution in [2.75, 3.05) is 6.61 Å². The maximum atomic E-state index is 14.9. The molecule has 172 valence electrons. The maximum absolute atomic E-state index is 14.9. The summed E-state index contributed by atoms with van der Waals surface area (Å²) in [6.45, 7) is 6.35. The van der Waals surface area contributed by atoms with E-state index in [4.69, 9.17) is 9.47 Å². The molecule has 32 heavy (non-hydrogen) atoms. The molecule has 2 nitrogen and oxygen atoms in total. The average molecular weight is 441 g/mol. The highest BCUT2D eigenvalue weighted by atomic mass is 19.2. The van der Waals surface area contributed by atoms with Crippen LogP contribution in [-0.4, -0.2) is 6.61 Å². The summed E-state index contributed by atoms with van der Waals surface area (Å²) >= 11 is 0. The summed E-state index contributed by atoms with van der Waals surface area (Å²) in [6, 6.07) is 9.81. The summed E-state index contributed by atoms with van der Waals surface area (Å²) in [5, 5.41) is 0. The maximum Gasteiger partial charge on any atom is 0.204 e. The van der Waals surface area contributed by atoms with E-state index in [0.29, 0.717) is 24.5 Å². The largest absolute Gasteiger partial charge is 0.490 e. The van der Waals surface area contributed by atoms with Crippen molar-refractivity contribution in [1.82, 2.24) is 0 Å². The highest BCUT2D eigenvalue weighted by Gasteiger charge is 2.29. The smallest absolute Gasteiger partial charge is 0.204 e. The van der Waals surface area contributed by atoms with Gasteiger partial charge < -0.3 is 9.47 Å². The van der Waals surface area contributed by atoms with Crippen LogP contribution in [0.4, 0.5) is 8.78 Å². The van der Waals surface area contributed by atoms with Crippen LogP contribution in [-0.2, 0) is 12.8 Å².